The fourth-order valence-corrected chi connectivity index (χ4v) is 4.44. The third kappa shape index (κ3) is 4.23. The van der Waals surface area contributed by atoms with Gasteiger partial charge in [0.25, 0.3) is 0 Å². The highest BCUT2D eigenvalue weighted by Crippen LogP contribution is 2.40. The van der Waals surface area contributed by atoms with E-state index in [0.717, 1.165) is 12.0 Å². The molecular weight excluding hydrogens is 372 g/mol. The second kappa shape index (κ2) is 8.84. The third-order valence-electron chi connectivity index (χ3n) is 5.88. The Kier molecular flexibility index (Phi) is 6.45. The summed E-state index contributed by atoms with van der Waals surface area (Å²) in [6, 6.07) is 8.85. The predicted molar refractivity (Wildman–Crippen MR) is 107 cm³/mol. The van der Waals surface area contributed by atoms with Crippen LogP contribution in [-0.4, -0.2) is 59.5 Å². The van der Waals surface area contributed by atoms with Crippen molar-refractivity contribution in [2.75, 3.05) is 20.2 Å². The van der Waals surface area contributed by atoms with E-state index in [0.29, 0.717) is 32.4 Å². The molecule has 2 fully saturated rings. The molecule has 2 amide bonds. The second-order valence-corrected chi connectivity index (χ2v) is 8.24. The predicted octanol–water partition coefficient (Wildman–Crippen LogP) is 2.98. The van der Waals surface area contributed by atoms with E-state index in [1.807, 2.05) is 44.2 Å². The lowest BCUT2D eigenvalue weighted by Gasteiger charge is -2.34. The summed E-state index contributed by atoms with van der Waals surface area (Å²) in [5.74, 6) is -0.331. The Labute approximate surface area is 171 Å². The van der Waals surface area contributed by atoms with Gasteiger partial charge in [0, 0.05) is 13.1 Å². The summed E-state index contributed by atoms with van der Waals surface area (Å²) in [5, 5.41) is 0. The van der Waals surface area contributed by atoms with Crippen LogP contribution in [0.25, 0.3) is 0 Å². The minimum Gasteiger partial charge on any atom is -0.467 e. The largest absolute Gasteiger partial charge is 0.467 e. The maximum Gasteiger partial charge on any atom is 0.411 e. The summed E-state index contributed by atoms with van der Waals surface area (Å²) < 4.78 is 10.4. The molecule has 2 aliphatic rings. The van der Waals surface area contributed by atoms with Crippen LogP contribution < -0.4 is 0 Å². The molecule has 2 aliphatic heterocycles. The van der Waals surface area contributed by atoms with Crippen molar-refractivity contribution in [2.45, 2.75) is 57.7 Å². The molecule has 29 heavy (non-hydrogen) atoms. The molecule has 7 heteroatoms. The molecule has 1 aromatic carbocycles. The van der Waals surface area contributed by atoms with Crippen LogP contribution in [0.4, 0.5) is 4.79 Å². The summed E-state index contributed by atoms with van der Waals surface area (Å²) in [4.78, 5) is 41.8. The molecule has 7 nitrogen and oxygen atoms in total. The Bertz CT molecular complexity index is 751. The fourth-order valence-electron chi connectivity index (χ4n) is 4.44. The number of carbonyl (C=O) groups is 3. The topological polar surface area (TPSA) is 76.2 Å². The number of amides is 2. The Morgan fingerprint density at radius 3 is 2.52 bits per heavy atom. The number of likely N-dealkylation sites (tertiary alicyclic amines) is 2. The Morgan fingerprint density at radius 1 is 1.14 bits per heavy atom. The van der Waals surface area contributed by atoms with Gasteiger partial charge in [-0.15, -0.1) is 0 Å². The van der Waals surface area contributed by atoms with Gasteiger partial charge in [0.2, 0.25) is 5.91 Å². The van der Waals surface area contributed by atoms with Crippen molar-refractivity contribution in [1.82, 2.24) is 9.80 Å². The lowest BCUT2D eigenvalue weighted by molar-refractivity contribution is -0.154. The van der Waals surface area contributed by atoms with E-state index in [4.69, 9.17) is 9.47 Å². The number of hydrogen-bond acceptors (Lipinski definition) is 5. The van der Waals surface area contributed by atoms with E-state index < -0.39 is 23.6 Å². The van der Waals surface area contributed by atoms with E-state index in [1.165, 1.54) is 7.11 Å². The molecular formula is C22H30N2O5. The van der Waals surface area contributed by atoms with E-state index in [9.17, 15) is 14.4 Å². The van der Waals surface area contributed by atoms with Crippen LogP contribution in [0.3, 0.4) is 0 Å². The standard InChI is InChI=1S/C22H30N2O5/c1-16(2)14-18(19(25)28-3)23-13-11-22(20(23)26)10-7-12-24(22)21(27)29-15-17-8-5-4-6-9-17/h4-6,8-9,16,18H,7,10-15H2,1-3H3/t18-,22-/m0/s1. The first-order valence-corrected chi connectivity index (χ1v) is 10.3. The summed E-state index contributed by atoms with van der Waals surface area (Å²) in [6.45, 7) is 5.11. The second-order valence-electron chi connectivity index (χ2n) is 8.24. The van der Waals surface area contributed by atoms with Crippen molar-refractivity contribution in [3.63, 3.8) is 0 Å². The van der Waals surface area contributed by atoms with Crippen LogP contribution in [0.5, 0.6) is 0 Å². The quantitative estimate of drug-likeness (QED) is 0.684. The zero-order valence-corrected chi connectivity index (χ0v) is 17.4. The molecule has 2 atom stereocenters. The van der Waals surface area contributed by atoms with Gasteiger partial charge >= 0.3 is 12.1 Å². The number of esters is 1. The third-order valence-corrected chi connectivity index (χ3v) is 5.88. The molecule has 1 aromatic rings. The highest BCUT2D eigenvalue weighted by molar-refractivity contribution is 5.95. The van der Waals surface area contributed by atoms with Crippen LogP contribution >= 0.6 is 0 Å². The van der Waals surface area contributed by atoms with E-state index in [-0.39, 0.29) is 18.4 Å². The zero-order valence-electron chi connectivity index (χ0n) is 17.4. The van der Waals surface area contributed by atoms with E-state index in [2.05, 4.69) is 0 Å². The number of ether oxygens (including phenoxy) is 2. The monoisotopic (exact) mass is 402 g/mol. The molecule has 0 bridgehead atoms. The minimum atomic E-state index is -0.906. The normalized spacial score (nSPS) is 22.4. The number of carbonyl (C=O) groups excluding carboxylic acids is 3. The number of benzene rings is 1. The lowest BCUT2D eigenvalue weighted by Crippen LogP contribution is -2.55. The van der Waals surface area contributed by atoms with Gasteiger partial charge in [-0.3, -0.25) is 9.69 Å². The molecule has 0 N–H and O–H groups in total. The van der Waals surface area contributed by atoms with Crippen molar-refractivity contribution in [1.29, 1.82) is 0 Å². The van der Waals surface area contributed by atoms with Crippen LogP contribution in [-0.2, 0) is 25.7 Å². The molecule has 0 aromatic heterocycles. The van der Waals surface area contributed by atoms with Gasteiger partial charge in [-0.05, 0) is 37.2 Å². The van der Waals surface area contributed by atoms with Crippen LogP contribution in [0, 0.1) is 5.92 Å². The zero-order chi connectivity index (χ0) is 21.0. The number of methoxy groups -OCH3 is 1. The summed E-state index contributed by atoms with van der Waals surface area (Å²) in [6.07, 6.45) is 1.91. The van der Waals surface area contributed by atoms with Crippen LogP contribution in [0.15, 0.2) is 30.3 Å². The molecule has 3 rings (SSSR count). The highest BCUT2D eigenvalue weighted by atomic mass is 16.6. The molecule has 2 heterocycles. The van der Waals surface area contributed by atoms with E-state index in [1.54, 1.807) is 9.80 Å². The summed E-state index contributed by atoms with van der Waals surface area (Å²) in [7, 11) is 1.34. The van der Waals surface area contributed by atoms with Gasteiger partial charge in [-0.25, -0.2) is 9.59 Å². The van der Waals surface area contributed by atoms with E-state index >= 15 is 0 Å². The average Bonchev–Trinajstić information content (AvgIpc) is 3.29. The summed E-state index contributed by atoms with van der Waals surface area (Å²) in [5.41, 5.74) is -0.00651. The molecule has 158 valence electrons. The maximum atomic E-state index is 13.4. The van der Waals surface area contributed by atoms with Crippen molar-refractivity contribution < 1.29 is 23.9 Å². The Hall–Kier alpha value is -2.57. The van der Waals surface area contributed by atoms with Gasteiger partial charge < -0.3 is 14.4 Å². The smallest absolute Gasteiger partial charge is 0.411 e. The Balaban J connectivity index is 1.73. The first-order valence-electron chi connectivity index (χ1n) is 10.3. The Morgan fingerprint density at radius 2 is 1.86 bits per heavy atom. The molecule has 0 radical (unpaired) electrons. The molecule has 2 saturated heterocycles. The molecule has 0 saturated carbocycles. The number of nitrogens with zero attached hydrogens (tertiary/aromatic N) is 2. The van der Waals surface area contributed by atoms with Gasteiger partial charge in [0.05, 0.1) is 7.11 Å². The molecule has 0 aliphatic carbocycles. The van der Waals surface area contributed by atoms with Crippen LogP contribution in [0.1, 0.15) is 45.1 Å². The average molecular weight is 402 g/mol. The minimum absolute atomic E-state index is 0.164. The van der Waals surface area contributed by atoms with Crippen molar-refractivity contribution in [2.24, 2.45) is 5.92 Å². The summed E-state index contributed by atoms with van der Waals surface area (Å²) >= 11 is 0. The van der Waals surface area contributed by atoms with Gasteiger partial charge in [-0.1, -0.05) is 44.2 Å². The molecule has 0 unspecified atom stereocenters. The van der Waals surface area contributed by atoms with Crippen LogP contribution in [0.2, 0.25) is 0 Å². The van der Waals surface area contributed by atoms with Gasteiger partial charge in [-0.2, -0.15) is 0 Å². The first kappa shape index (κ1) is 21.1. The maximum absolute atomic E-state index is 13.4. The number of hydrogen-bond donors (Lipinski definition) is 0. The molecule has 1 spiro atoms. The van der Waals surface area contributed by atoms with Gasteiger partial charge in [0.1, 0.15) is 18.2 Å². The number of rotatable bonds is 6. The first-order chi connectivity index (χ1) is 13.9. The van der Waals surface area contributed by atoms with Crippen molar-refractivity contribution >= 4 is 18.0 Å². The fraction of sp³-hybridized carbons (Fsp3) is 0.591. The lowest BCUT2D eigenvalue weighted by atomic mass is 9.94. The highest BCUT2D eigenvalue weighted by Gasteiger charge is 2.57. The SMILES string of the molecule is COC(=O)[C@H](CC(C)C)N1CC[C@@]2(CCCN2C(=O)OCc2ccccc2)C1=O. The van der Waals surface area contributed by atoms with Gasteiger partial charge in [0.15, 0.2) is 0 Å². The van der Waals surface area contributed by atoms with Crippen molar-refractivity contribution in [3.8, 4) is 0 Å². The van der Waals surface area contributed by atoms with Crippen molar-refractivity contribution in [3.05, 3.63) is 35.9 Å².